The third-order valence-corrected chi connectivity index (χ3v) is 6.69. The molecule has 4 aliphatic carbocycles. The van der Waals surface area contributed by atoms with Crippen molar-refractivity contribution in [3.63, 3.8) is 0 Å². The van der Waals surface area contributed by atoms with Crippen molar-refractivity contribution >= 4 is 0 Å². The Hall–Kier alpha value is -0.760. The van der Waals surface area contributed by atoms with Gasteiger partial charge < -0.3 is 9.73 Å². The molecule has 5 rings (SSSR count). The molecular weight excluding hydrogens is 258 g/mol. The normalized spacial score (nSPS) is 40.4. The molecule has 1 aromatic rings. The first-order chi connectivity index (χ1) is 10.0. The molecule has 0 spiro atoms. The number of hydrogen-bond acceptors (Lipinski definition) is 2. The first-order valence-electron chi connectivity index (χ1n) is 8.86. The zero-order chi connectivity index (χ0) is 14.6. The molecule has 2 heteroatoms. The van der Waals surface area contributed by atoms with Gasteiger partial charge in [-0.3, -0.25) is 0 Å². The molecule has 0 radical (unpaired) electrons. The molecule has 0 amide bonds. The lowest BCUT2D eigenvalue weighted by atomic mass is 9.48. The van der Waals surface area contributed by atoms with Crippen molar-refractivity contribution in [2.24, 2.45) is 23.2 Å². The SMILES string of the molecule is Cc1ccc(C(C)NC(C)C23CC4CC(CC(C4)C2)C3)o1. The van der Waals surface area contributed by atoms with Gasteiger partial charge in [0.25, 0.3) is 0 Å². The first-order valence-corrected chi connectivity index (χ1v) is 8.86. The maximum absolute atomic E-state index is 5.80. The van der Waals surface area contributed by atoms with Gasteiger partial charge in [0, 0.05) is 6.04 Å². The fourth-order valence-electron chi connectivity index (χ4n) is 6.03. The Labute approximate surface area is 128 Å². The van der Waals surface area contributed by atoms with E-state index in [4.69, 9.17) is 4.42 Å². The van der Waals surface area contributed by atoms with Crippen LogP contribution < -0.4 is 5.32 Å². The molecule has 4 aliphatic rings. The van der Waals surface area contributed by atoms with Gasteiger partial charge in [-0.05, 0) is 94.6 Å². The minimum atomic E-state index is 0.321. The van der Waals surface area contributed by atoms with Crippen molar-refractivity contribution in [3.05, 3.63) is 23.7 Å². The molecule has 4 bridgehead atoms. The van der Waals surface area contributed by atoms with Crippen molar-refractivity contribution in [2.45, 2.75) is 71.4 Å². The summed E-state index contributed by atoms with van der Waals surface area (Å²) in [4.78, 5) is 0. The summed E-state index contributed by atoms with van der Waals surface area (Å²) in [6.07, 6.45) is 8.99. The molecule has 0 saturated heterocycles. The van der Waals surface area contributed by atoms with E-state index >= 15 is 0 Å². The van der Waals surface area contributed by atoms with Gasteiger partial charge in [0.05, 0.1) is 6.04 Å². The molecule has 1 N–H and O–H groups in total. The Balaban J connectivity index is 1.48. The minimum Gasteiger partial charge on any atom is -0.465 e. The van der Waals surface area contributed by atoms with Crippen LogP contribution in [0.5, 0.6) is 0 Å². The lowest BCUT2D eigenvalue weighted by Gasteiger charge is -2.59. The van der Waals surface area contributed by atoms with Gasteiger partial charge in [-0.15, -0.1) is 0 Å². The molecule has 0 aromatic carbocycles. The van der Waals surface area contributed by atoms with Crippen molar-refractivity contribution in [1.29, 1.82) is 0 Å². The maximum atomic E-state index is 5.80. The highest BCUT2D eigenvalue weighted by molar-refractivity contribution is 5.11. The summed E-state index contributed by atoms with van der Waals surface area (Å²) in [6, 6.07) is 5.12. The Morgan fingerprint density at radius 3 is 2.10 bits per heavy atom. The monoisotopic (exact) mass is 287 g/mol. The van der Waals surface area contributed by atoms with Crippen LogP contribution in [-0.4, -0.2) is 6.04 Å². The second-order valence-corrected chi connectivity index (χ2v) is 8.34. The average molecular weight is 287 g/mol. The summed E-state index contributed by atoms with van der Waals surface area (Å²) in [5.74, 6) is 5.19. The fraction of sp³-hybridized carbons (Fsp3) is 0.789. The summed E-state index contributed by atoms with van der Waals surface area (Å²) in [5, 5.41) is 3.87. The van der Waals surface area contributed by atoms with Gasteiger partial charge in [0.1, 0.15) is 11.5 Å². The smallest absolute Gasteiger partial charge is 0.120 e. The number of furan rings is 1. The molecule has 1 heterocycles. The number of aryl methyl sites for hydroxylation is 1. The van der Waals surface area contributed by atoms with Gasteiger partial charge in [-0.25, -0.2) is 0 Å². The van der Waals surface area contributed by atoms with Crippen LogP contribution in [0.4, 0.5) is 0 Å². The van der Waals surface area contributed by atoms with Crippen LogP contribution in [0.25, 0.3) is 0 Å². The number of hydrogen-bond donors (Lipinski definition) is 1. The Morgan fingerprint density at radius 1 is 1.05 bits per heavy atom. The number of rotatable bonds is 4. The lowest BCUT2D eigenvalue weighted by Crippen LogP contribution is -2.55. The molecule has 2 unspecified atom stereocenters. The third-order valence-electron chi connectivity index (χ3n) is 6.69. The predicted octanol–water partition coefficient (Wildman–Crippen LogP) is 4.84. The predicted molar refractivity (Wildman–Crippen MR) is 85.1 cm³/mol. The second kappa shape index (κ2) is 4.87. The molecule has 1 aromatic heterocycles. The Bertz CT molecular complexity index is 482. The Kier molecular flexibility index (Phi) is 3.22. The van der Waals surface area contributed by atoms with Gasteiger partial charge in [-0.1, -0.05) is 0 Å². The van der Waals surface area contributed by atoms with Crippen LogP contribution in [0.2, 0.25) is 0 Å². The largest absolute Gasteiger partial charge is 0.465 e. The van der Waals surface area contributed by atoms with E-state index in [1.54, 1.807) is 0 Å². The van der Waals surface area contributed by atoms with E-state index < -0.39 is 0 Å². The summed E-state index contributed by atoms with van der Waals surface area (Å²) >= 11 is 0. The topological polar surface area (TPSA) is 25.2 Å². The molecule has 21 heavy (non-hydrogen) atoms. The number of nitrogens with one attached hydrogen (secondary N) is 1. The van der Waals surface area contributed by atoms with Crippen LogP contribution >= 0.6 is 0 Å². The van der Waals surface area contributed by atoms with Gasteiger partial charge in [-0.2, -0.15) is 0 Å². The van der Waals surface area contributed by atoms with Gasteiger partial charge >= 0.3 is 0 Å². The second-order valence-electron chi connectivity index (χ2n) is 8.34. The fourth-order valence-corrected chi connectivity index (χ4v) is 6.03. The molecule has 4 saturated carbocycles. The molecular formula is C19H29NO. The zero-order valence-corrected chi connectivity index (χ0v) is 13.7. The van der Waals surface area contributed by atoms with Crippen LogP contribution in [0, 0.1) is 30.1 Å². The van der Waals surface area contributed by atoms with E-state index in [0.29, 0.717) is 17.5 Å². The van der Waals surface area contributed by atoms with E-state index in [-0.39, 0.29) is 0 Å². The zero-order valence-electron chi connectivity index (χ0n) is 13.7. The van der Waals surface area contributed by atoms with Crippen LogP contribution in [-0.2, 0) is 0 Å². The van der Waals surface area contributed by atoms with Crippen molar-refractivity contribution in [2.75, 3.05) is 0 Å². The van der Waals surface area contributed by atoms with E-state index in [2.05, 4.69) is 31.3 Å². The summed E-state index contributed by atoms with van der Waals surface area (Å²) in [6.45, 7) is 6.70. The van der Waals surface area contributed by atoms with Gasteiger partial charge in [0.2, 0.25) is 0 Å². The van der Waals surface area contributed by atoms with E-state index in [1.165, 1.54) is 38.5 Å². The highest BCUT2D eigenvalue weighted by atomic mass is 16.3. The summed E-state index contributed by atoms with van der Waals surface area (Å²) < 4.78 is 5.80. The summed E-state index contributed by atoms with van der Waals surface area (Å²) in [5.41, 5.74) is 0.574. The molecule has 2 nitrogen and oxygen atoms in total. The molecule has 0 aliphatic heterocycles. The average Bonchev–Trinajstić information content (AvgIpc) is 2.84. The van der Waals surface area contributed by atoms with Gasteiger partial charge in [0.15, 0.2) is 0 Å². The van der Waals surface area contributed by atoms with Crippen molar-refractivity contribution < 1.29 is 4.42 Å². The molecule has 2 atom stereocenters. The maximum Gasteiger partial charge on any atom is 0.120 e. The van der Waals surface area contributed by atoms with E-state index in [1.807, 2.05) is 6.92 Å². The van der Waals surface area contributed by atoms with E-state index in [9.17, 15) is 0 Å². The quantitative estimate of drug-likeness (QED) is 0.857. The first kappa shape index (κ1) is 13.9. The van der Waals surface area contributed by atoms with Crippen LogP contribution in [0.15, 0.2) is 16.5 Å². The highest BCUT2D eigenvalue weighted by Gasteiger charge is 2.53. The highest BCUT2D eigenvalue weighted by Crippen LogP contribution is 2.61. The minimum absolute atomic E-state index is 0.321. The molecule has 4 fully saturated rings. The molecule has 116 valence electrons. The lowest BCUT2D eigenvalue weighted by molar-refractivity contribution is -0.0722. The van der Waals surface area contributed by atoms with Crippen LogP contribution in [0.1, 0.15) is 69.9 Å². The Morgan fingerprint density at radius 2 is 1.62 bits per heavy atom. The summed E-state index contributed by atoms with van der Waals surface area (Å²) in [7, 11) is 0. The third kappa shape index (κ3) is 2.36. The van der Waals surface area contributed by atoms with Crippen molar-refractivity contribution in [1.82, 2.24) is 5.32 Å². The standard InChI is InChI=1S/C19H29NO/c1-12-4-5-18(21-12)13(2)20-14(3)19-9-15-6-16(10-19)8-17(7-15)11-19/h4-5,13-17,20H,6-11H2,1-3H3. The van der Waals surface area contributed by atoms with E-state index in [0.717, 1.165) is 29.3 Å². The van der Waals surface area contributed by atoms with Crippen LogP contribution in [0.3, 0.4) is 0 Å². The van der Waals surface area contributed by atoms with Crippen molar-refractivity contribution in [3.8, 4) is 0 Å².